The van der Waals surface area contributed by atoms with Gasteiger partial charge in [0, 0.05) is 11.9 Å². The number of methoxy groups -OCH3 is 2. The summed E-state index contributed by atoms with van der Waals surface area (Å²) in [6.45, 7) is -0.288. The topological polar surface area (TPSA) is 263 Å². The molecule has 21 heteroatoms. The molecule has 6 aliphatic heterocycles. The molecule has 0 radical (unpaired) electrons. The number of nitrogens with zero attached hydrogens (tertiary/aromatic N) is 1. The first kappa shape index (κ1) is 36.8. The van der Waals surface area contributed by atoms with Crippen LogP contribution in [0.3, 0.4) is 0 Å². The van der Waals surface area contributed by atoms with Gasteiger partial charge in [0.1, 0.15) is 0 Å². The zero-order valence-electron chi connectivity index (χ0n) is 24.7. The molecule has 4 bridgehead atoms. The highest BCUT2D eigenvalue weighted by molar-refractivity contribution is 9.09. The van der Waals surface area contributed by atoms with Gasteiger partial charge in [-0.25, -0.2) is 0 Å². The number of carbonyl (C=O) groups excluding carboxylic acids is 6. The molecule has 0 spiro atoms. The molecule has 260 valence electrons. The first-order valence-electron chi connectivity index (χ1n) is 14.0. The number of alkyl halides is 1. The van der Waals surface area contributed by atoms with Crippen LogP contribution in [0.15, 0.2) is 24.3 Å². The van der Waals surface area contributed by atoms with Gasteiger partial charge < -0.3 is 18.9 Å². The number of nitrogens with one attached hydrogen (secondary N) is 1. The molecule has 18 nitrogen and oxygen atoms in total. The number of fused-ring (bicyclic) bond motifs is 10. The fourth-order valence-electron chi connectivity index (χ4n) is 6.19. The molecule has 0 aromatic rings. The van der Waals surface area contributed by atoms with Crippen LogP contribution in [0.4, 0.5) is 0 Å². The maximum atomic E-state index is 12.4. The molecule has 6 heterocycles. The Hall–Kier alpha value is -3.08. The standard InChI is InChI=1S/C13H15NO8S.C8H7NO3.C5H9BrO5S/c1-21-13(17)8(23(18,19)20)4-5-14-11(15)9-6-2-3-7(22-6)10(9)12(14)16;10-7-5-3-1-2-4(12-3)6(5)8(11)9-7;1-11-5(7)4(2-3-6)12(8,9)10/h2-3,6-10H,4-5H2,1H3,(H,18,19,20);1-6H,(H,9,10,11);4H,2-3H2,1H3,(H,8,9,10). The highest BCUT2D eigenvalue weighted by atomic mass is 79.9. The van der Waals surface area contributed by atoms with Crippen molar-refractivity contribution in [1.29, 1.82) is 0 Å². The van der Waals surface area contributed by atoms with Crippen molar-refractivity contribution in [1.82, 2.24) is 10.2 Å². The van der Waals surface area contributed by atoms with Crippen molar-refractivity contribution in [2.75, 3.05) is 26.1 Å². The van der Waals surface area contributed by atoms with Gasteiger partial charge in [0.05, 0.1) is 62.3 Å². The fraction of sp³-hybridized carbons (Fsp3) is 0.615. The van der Waals surface area contributed by atoms with Gasteiger partial charge in [-0.1, -0.05) is 40.2 Å². The van der Waals surface area contributed by atoms with Gasteiger partial charge in [-0.3, -0.25) is 48.1 Å². The number of hydrogen-bond acceptors (Lipinski definition) is 14. The Balaban J connectivity index is 0.000000176. The highest BCUT2D eigenvalue weighted by Gasteiger charge is 2.61. The maximum Gasteiger partial charge on any atom is 0.326 e. The van der Waals surface area contributed by atoms with E-state index in [-0.39, 0.29) is 48.8 Å². The number of ether oxygens (including phenoxy) is 4. The Morgan fingerprint density at radius 1 is 0.766 bits per heavy atom. The maximum absolute atomic E-state index is 12.4. The third-order valence-corrected chi connectivity index (χ3v) is 11.1. The van der Waals surface area contributed by atoms with E-state index in [4.69, 9.17) is 18.6 Å². The Morgan fingerprint density at radius 3 is 1.47 bits per heavy atom. The normalized spacial score (nSPS) is 32.1. The first-order valence-corrected chi connectivity index (χ1v) is 18.1. The molecule has 10 atom stereocenters. The summed E-state index contributed by atoms with van der Waals surface area (Å²) >= 11 is 2.96. The zero-order valence-corrected chi connectivity index (χ0v) is 27.9. The lowest BCUT2D eigenvalue weighted by Crippen LogP contribution is -2.39. The predicted octanol–water partition coefficient (Wildman–Crippen LogP) is -1.84. The Labute approximate surface area is 276 Å². The average molecular weight is 772 g/mol. The van der Waals surface area contributed by atoms with Crippen molar-refractivity contribution in [2.24, 2.45) is 23.7 Å². The van der Waals surface area contributed by atoms with Crippen molar-refractivity contribution < 1.29 is 73.7 Å². The summed E-state index contributed by atoms with van der Waals surface area (Å²) in [6, 6.07) is 0. The highest BCUT2D eigenvalue weighted by Crippen LogP contribution is 2.45. The molecule has 10 unspecified atom stereocenters. The lowest BCUT2D eigenvalue weighted by Gasteiger charge is -2.19. The number of amides is 4. The Morgan fingerprint density at radius 2 is 1.13 bits per heavy atom. The van der Waals surface area contributed by atoms with Crippen molar-refractivity contribution >= 4 is 71.7 Å². The lowest BCUT2D eigenvalue weighted by atomic mass is 9.85. The van der Waals surface area contributed by atoms with Crippen LogP contribution < -0.4 is 5.32 Å². The molecule has 47 heavy (non-hydrogen) atoms. The molecular weight excluding hydrogens is 740 g/mol. The molecule has 6 rings (SSSR count). The van der Waals surface area contributed by atoms with Crippen LogP contribution in [0, 0.1) is 23.7 Å². The smallest absolute Gasteiger partial charge is 0.326 e. The van der Waals surface area contributed by atoms with Gasteiger partial charge in [-0.05, 0) is 12.8 Å². The summed E-state index contributed by atoms with van der Waals surface area (Å²) in [5.41, 5.74) is 0. The number of esters is 2. The minimum absolute atomic E-state index is 0.00843. The second-order valence-electron chi connectivity index (χ2n) is 11.0. The number of carbonyl (C=O) groups is 6. The minimum atomic E-state index is -4.69. The van der Waals surface area contributed by atoms with Crippen LogP contribution in [0.5, 0.6) is 0 Å². The molecule has 6 aliphatic rings. The SMILES string of the molecule is COC(=O)C(CCBr)S(=O)(=O)O.COC(=O)C(CCN1C(=O)C2C3C=CC(O3)C2C1=O)S(=O)(=O)O.O=C1NC(=O)C2C3C=CC(O3)C12. The van der Waals surface area contributed by atoms with Gasteiger partial charge in [0.15, 0.2) is 10.5 Å². The zero-order chi connectivity index (χ0) is 35.0. The van der Waals surface area contributed by atoms with Gasteiger partial charge in [0.2, 0.25) is 23.6 Å². The Bertz CT molecular complexity index is 1550. The fourth-order valence-corrected chi connectivity index (χ4v) is 8.45. The van der Waals surface area contributed by atoms with Crippen molar-refractivity contribution in [3.63, 3.8) is 0 Å². The summed E-state index contributed by atoms with van der Waals surface area (Å²) in [5, 5.41) is -0.698. The average Bonchev–Trinajstić information content (AvgIpc) is 3.85. The van der Waals surface area contributed by atoms with Crippen molar-refractivity contribution in [2.45, 2.75) is 47.8 Å². The quantitative estimate of drug-likeness (QED) is 0.0764. The van der Waals surface area contributed by atoms with Crippen LogP contribution in [0.1, 0.15) is 12.8 Å². The summed E-state index contributed by atoms with van der Waals surface area (Å²) in [4.78, 5) is 70.3. The third-order valence-electron chi connectivity index (χ3n) is 8.39. The monoisotopic (exact) mass is 770 g/mol. The second kappa shape index (κ2) is 14.2. The van der Waals surface area contributed by atoms with E-state index >= 15 is 0 Å². The van der Waals surface area contributed by atoms with E-state index < -0.39 is 85.0 Å². The lowest BCUT2D eigenvalue weighted by molar-refractivity contribution is -0.145. The van der Waals surface area contributed by atoms with Gasteiger partial charge in [-0.2, -0.15) is 16.8 Å². The number of hydrogen-bond donors (Lipinski definition) is 3. The summed E-state index contributed by atoms with van der Waals surface area (Å²) in [7, 11) is -6.99. The molecule has 0 aromatic heterocycles. The van der Waals surface area contributed by atoms with Crippen molar-refractivity contribution in [3.8, 4) is 0 Å². The van der Waals surface area contributed by atoms with Crippen LogP contribution in [0.25, 0.3) is 0 Å². The van der Waals surface area contributed by atoms with Gasteiger partial charge >= 0.3 is 11.9 Å². The molecule has 3 N–H and O–H groups in total. The number of likely N-dealkylation sites (tertiary alicyclic amines) is 1. The third kappa shape index (κ3) is 7.34. The largest absolute Gasteiger partial charge is 0.468 e. The van der Waals surface area contributed by atoms with E-state index in [0.717, 1.165) is 19.1 Å². The molecule has 0 saturated carbocycles. The van der Waals surface area contributed by atoms with Gasteiger partial charge in [0.25, 0.3) is 20.2 Å². The van der Waals surface area contributed by atoms with E-state index in [0.29, 0.717) is 5.33 Å². The van der Waals surface area contributed by atoms with Crippen LogP contribution >= 0.6 is 15.9 Å². The summed E-state index contributed by atoms with van der Waals surface area (Å²) < 4.78 is 80.6. The van der Waals surface area contributed by atoms with E-state index in [1.165, 1.54) is 0 Å². The first-order chi connectivity index (χ1) is 22.0. The van der Waals surface area contributed by atoms with Crippen LogP contribution in [-0.2, 0) is 68.0 Å². The minimum Gasteiger partial charge on any atom is -0.468 e. The molecule has 4 saturated heterocycles. The molecule has 0 aliphatic carbocycles. The summed E-state index contributed by atoms with van der Waals surface area (Å²) in [5.74, 6) is -5.05. The summed E-state index contributed by atoms with van der Waals surface area (Å²) in [6.07, 6.45) is 5.56. The molecule has 4 fully saturated rings. The van der Waals surface area contributed by atoms with E-state index in [1.54, 1.807) is 12.2 Å². The van der Waals surface area contributed by atoms with Crippen molar-refractivity contribution in [3.05, 3.63) is 24.3 Å². The van der Waals surface area contributed by atoms with E-state index in [2.05, 4.69) is 30.7 Å². The molecular formula is C26H31BrN2O16S2. The number of rotatable bonds is 9. The molecule has 0 aromatic carbocycles. The molecule has 4 amide bonds. The number of halogens is 1. The predicted molar refractivity (Wildman–Crippen MR) is 157 cm³/mol. The Kier molecular flexibility index (Phi) is 11.1. The van der Waals surface area contributed by atoms with E-state index in [1.807, 2.05) is 12.2 Å². The van der Waals surface area contributed by atoms with Crippen LogP contribution in [-0.4, -0.2) is 127 Å². The number of imide groups is 2. The van der Waals surface area contributed by atoms with E-state index in [9.17, 15) is 45.6 Å². The van der Waals surface area contributed by atoms with Crippen LogP contribution in [0.2, 0.25) is 0 Å². The van der Waals surface area contributed by atoms with Gasteiger partial charge in [-0.15, -0.1) is 0 Å². The second-order valence-corrected chi connectivity index (χ2v) is 15.0.